The third-order valence-corrected chi connectivity index (χ3v) is 5.50. The highest BCUT2D eigenvalue weighted by molar-refractivity contribution is 7.98. The van der Waals surface area contributed by atoms with Gasteiger partial charge in [-0.15, -0.1) is 11.8 Å². The van der Waals surface area contributed by atoms with E-state index in [0.717, 1.165) is 21.9 Å². The van der Waals surface area contributed by atoms with Crippen molar-refractivity contribution in [2.45, 2.75) is 30.6 Å². The van der Waals surface area contributed by atoms with Crippen molar-refractivity contribution >= 4 is 23.7 Å². The molecule has 0 aliphatic rings. The van der Waals surface area contributed by atoms with Crippen LogP contribution in [-0.4, -0.2) is 24.2 Å². The molecule has 150 valence electrons. The molecule has 0 N–H and O–H groups in total. The number of ether oxygens (including phenoxy) is 2. The van der Waals surface area contributed by atoms with Gasteiger partial charge in [-0.05, 0) is 26.0 Å². The number of thioether (sulfide) groups is 1. The van der Waals surface area contributed by atoms with Crippen LogP contribution in [0.2, 0.25) is 0 Å². The van der Waals surface area contributed by atoms with E-state index in [2.05, 4.69) is 5.16 Å². The van der Waals surface area contributed by atoms with Crippen LogP contribution in [0.1, 0.15) is 39.0 Å². The standard InChI is InChI=1S/C22H21NO5S/c1-14-18(15(2)28-23-14)13-29-19-12-8-7-11-17(19)21(24)27-20(22(25)26-3)16-9-5-4-6-10-16/h4-12,20H,13H2,1-3H3. The highest BCUT2D eigenvalue weighted by atomic mass is 32.2. The molecule has 3 aromatic rings. The molecule has 1 atom stereocenters. The molecule has 0 bridgehead atoms. The molecule has 1 heterocycles. The molecule has 6 nitrogen and oxygen atoms in total. The van der Waals surface area contributed by atoms with Crippen molar-refractivity contribution in [1.82, 2.24) is 5.16 Å². The average Bonchev–Trinajstić information content (AvgIpc) is 3.08. The normalized spacial score (nSPS) is 11.7. The zero-order chi connectivity index (χ0) is 20.8. The van der Waals surface area contributed by atoms with Crippen LogP contribution in [0.3, 0.4) is 0 Å². The molecule has 3 rings (SSSR count). The van der Waals surface area contributed by atoms with Gasteiger partial charge in [-0.1, -0.05) is 47.6 Å². The van der Waals surface area contributed by atoms with Gasteiger partial charge in [-0.2, -0.15) is 0 Å². The maximum absolute atomic E-state index is 12.9. The summed E-state index contributed by atoms with van der Waals surface area (Å²) in [7, 11) is 1.26. The molecular weight excluding hydrogens is 390 g/mol. The Bertz CT molecular complexity index is 980. The van der Waals surface area contributed by atoms with Crippen LogP contribution in [0.5, 0.6) is 0 Å². The highest BCUT2D eigenvalue weighted by Gasteiger charge is 2.27. The summed E-state index contributed by atoms with van der Waals surface area (Å²) in [6.45, 7) is 3.74. The number of rotatable bonds is 7. The van der Waals surface area contributed by atoms with Crippen LogP contribution in [0, 0.1) is 13.8 Å². The van der Waals surface area contributed by atoms with E-state index in [-0.39, 0.29) is 0 Å². The molecule has 0 fully saturated rings. The second-order valence-electron chi connectivity index (χ2n) is 6.31. The second kappa shape index (κ2) is 9.43. The molecule has 29 heavy (non-hydrogen) atoms. The van der Waals surface area contributed by atoms with Gasteiger partial charge in [0.15, 0.2) is 0 Å². The predicted octanol–water partition coefficient (Wildman–Crippen LogP) is 4.65. The molecule has 1 aromatic heterocycles. The van der Waals surface area contributed by atoms with E-state index in [1.54, 1.807) is 36.4 Å². The number of benzene rings is 2. The van der Waals surface area contributed by atoms with Gasteiger partial charge in [0, 0.05) is 21.8 Å². The zero-order valence-corrected chi connectivity index (χ0v) is 17.2. The van der Waals surface area contributed by atoms with Crippen molar-refractivity contribution < 1.29 is 23.6 Å². The summed E-state index contributed by atoms with van der Waals surface area (Å²) in [6.07, 6.45) is -1.13. The number of carbonyl (C=O) groups is 2. The Morgan fingerprint density at radius 3 is 2.41 bits per heavy atom. The van der Waals surface area contributed by atoms with Crippen molar-refractivity contribution in [2.24, 2.45) is 0 Å². The molecular formula is C22H21NO5S. The van der Waals surface area contributed by atoms with Crippen molar-refractivity contribution in [1.29, 1.82) is 0 Å². The first-order valence-electron chi connectivity index (χ1n) is 8.98. The van der Waals surface area contributed by atoms with Crippen LogP contribution in [0.25, 0.3) is 0 Å². The minimum absolute atomic E-state index is 0.383. The van der Waals surface area contributed by atoms with Crippen LogP contribution in [-0.2, 0) is 20.0 Å². The first-order chi connectivity index (χ1) is 14.0. The van der Waals surface area contributed by atoms with E-state index in [9.17, 15) is 9.59 Å². The van der Waals surface area contributed by atoms with Gasteiger partial charge >= 0.3 is 11.9 Å². The number of hydrogen-bond donors (Lipinski definition) is 0. The van der Waals surface area contributed by atoms with Gasteiger partial charge in [0.05, 0.1) is 18.4 Å². The van der Waals surface area contributed by atoms with E-state index in [1.165, 1.54) is 18.9 Å². The van der Waals surface area contributed by atoms with Gasteiger partial charge in [0.2, 0.25) is 6.10 Å². The maximum Gasteiger partial charge on any atom is 0.351 e. The summed E-state index contributed by atoms with van der Waals surface area (Å²) in [5.41, 5.74) is 2.75. The molecule has 0 saturated heterocycles. The van der Waals surface area contributed by atoms with Gasteiger partial charge in [-0.25, -0.2) is 9.59 Å². The number of esters is 2. The fourth-order valence-corrected chi connectivity index (χ4v) is 3.97. The quantitative estimate of drug-likeness (QED) is 0.413. The first-order valence-corrected chi connectivity index (χ1v) is 9.97. The highest BCUT2D eigenvalue weighted by Crippen LogP contribution is 2.30. The Kier molecular flexibility index (Phi) is 6.72. The molecule has 0 radical (unpaired) electrons. The third-order valence-electron chi connectivity index (χ3n) is 4.40. The second-order valence-corrected chi connectivity index (χ2v) is 7.32. The van der Waals surface area contributed by atoms with Gasteiger partial charge < -0.3 is 14.0 Å². The minimum atomic E-state index is -1.13. The van der Waals surface area contributed by atoms with E-state index in [0.29, 0.717) is 16.9 Å². The molecule has 0 aliphatic carbocycles. The Balaban J connectivity index is 1.81. The first kappa shape index (κ1) is 20.7. The lowest BCUT2D eigenvalue weighted by Gasteiger charge is -2.17. The van der Waals surface area contributed by atoms with Crippen LogP contribution in [0.15, 0.2) is 64.0 Å². The van der Waals surface area contributed by atoms with E-state index >= 15 is 0 Å². The van der Waals surface area contributed by atoms with E-state index in [1.807, 2.05) is 32.0 Å². The van der Waals surface area contributed by atoms with Crippen LogP contribution < -0.4 is 0 Å². The summed E-state index contributed by atoms with van der Waals surface area (Å²) in [6, 6.07) is 15.9. The Hall–Kier alpha value is -3.06. The Morgan fingerprint density at radius 1 is 1.07 bits per heavy atom. The predicted molar refractivity (Wildman–Crippen MR) is 109 cm³/mol. The summed E-state index contributed by atoms with van der Waals surface area (Å²) < 4.78 is 15.6. The lowest BCUT2D eigenvalue weighted by molar-refractivity contribution is -0.151. The zero-order valence-electron chi connectivity index (χ0n) is 16.4. The molecule has 7 heteroatoms. The molecule has 0 saturated carbocycles. The Labute approximate surface area is 173 Å². The van der Waals surface area contributed by atoms with Gasteiger partial charge in [0.1, 0.15) is 5.76 Å². The van der Waals surface area contributed by atoms with Gasteiger partial charge in [-0.3, -0.25) is 0 Å². The van der Waals surface area contributed by atoms with Crippen molar-refractivity contribution in [3.05, 3.63) is 82.7 Å². The fourth-order valence-electron chi connectivity index (χ4n) is 2.78. The average molecular weight is 411 g/mol. The number of aromatic nitrogens is 1. The SMILES string of the molecule is COC(=O)C(OC(=O)c1ccccc1SCc1c(C)noc1C)c1ccccc1. The van der Waals surface area contributed by atoms with Gasteiger partial charge in [0.25, 0.3) is 0 Å². The largest absolute Gasteiger partial charge is 0.466 e. The smallest absolute Gasteiger partial charge is 0.351 e. The summed E-state index contributed by atoms with van der Waals surface area (Å²) in [5.74, 6) is 0.131. The lowest BCUT2D eigenvalue weighted by Crippen LogP contribution is -2.21. The molecule has 0 spiro atoms. The number of aryl methyl sites for hydroxylation is 2. The Morgan fingerprint density at radius 2 is 1.76 bits per heavy atom. The number of nitrogens with zero attached hydrogens (tertiary/aromatic N) is 1. The monoisotopic (exact) mass is 411 g/mol. The lowest BCUT2D eigenvalue weighted by atomic mass is 10.1. The summed E-state index contributed by atoms with van der Waals surface area (Å²) >= 11 is 1.48. The van der Waals surface area contributed by atoms with Crippen molar-refractivity contribution in [3.8, 4) is 0 Å². The van der Waals surface area contributed by atoms with E-state index in [4.69, 9.17) is 14.0 Å². The number of hydrogen-bond acceptors (Lipinski definition) is 7. The van der Waals surface area contributed by atoms with Crippen molar-refractivity contribution in [3.63, 3.8) is 0 Å². The fraction of sp³-hybridized carbons (Fsp3) is 0.227. The molecule has 0 amide bonds. The third kappa shape index (κ3) is 4.86. The molecule has 0 aliphatic heterocycles. The molecule has 2 aromatic carbocycles. The molecule has 1 unspecified atom stereocenters. The number of methoxy groups -OCH3 is 1. The van der Waals surface area contributed by atoms with E-state index < -0.39 is 18.0 Å². The topological polar surface area (TPSA) is 78.6 Å². The van der Waals surface area contributed by atoms with Crippen LogP contribution >= 0.6 is 11.8 Å². The minimum Gasteiger partial charge on any atom is -0.466 e. The number of carbonyl (C=O) groups excluding carboxylic acids is 2. The summed E-state index contributed by atoms with van der Waals surface area (Å²) in [5, 5.41) is 3.96. The summed E-state index contributed by atoms with van der Waals surface area (Å²) in [4.78, 5) is 25.8. The van der Waals surface area contributed by atoms with Crippen molar-refractivity contribution in [2.75, 3.05) is 7.11 Å². The maximum atomic E-state index is 12.9. The van der Waals surface area contributed by atoms with Crippen LogP contribution in [0.4, 0.5) is 0 Å².